The Morgan fingerprint density at radius 2 is 1.85 bits per heavy atom. The first-order valence-corrected chi connectivity index (χ1v) is 13.3. The van der Waals surface area contributed by atoms with Gasteiger partial charge in [-0.2, -0.15) is 5.11 Å². The van der Waals surface area contributed by atoms with Gasteiger partial charge in [0.1, 0.15) is 23.5 Å². The zero-order valence-corrected chi connectivity index (χ0v) is 22.9. The fourth-order valence-electron chi connectivity index (χ4n) is 5.13. The Bertz CT molecular complexity index is 1420. The minimum atomic E-state index is -1.08. The van der Waals surface area contributed by atoms with Gasteiger partial charge in [-0.05, 0) is 64.3 Å². The van der Waals surface area contributed by atoms with E-state index >= 15 is 0 Å². The molecule has 0 aliphatic carbocycles. The molecule has 2 aromatic carbocycles. The standard InChI is InChI=1S/C29H34N2O9/c1-16-19(14-13-18-22(32)21(27(34)39-24(16)18)31-30-17-10-6-5-7-11-17)37-28-25(38-20-12-8-9-15-36-20)23(33)26(35-4)29(2,3)40-28/h5-7,10-11,13-14,20,23,25-26,28,32-33H,8-9,12,15H2,1-4H3/t20?,23-,25+,26-,28-/m1/s1. The van der Waals surface area contributed by atoms with Crippen molar-refractivity contribution in [3.05, 3.63) is 58.4 Å². The Balaban J connectivity index is 1.46. The maximum Gasteiger partial charge on any atom is 0.368 e. The van der Waals surface area contributed by atoms with E-state index < -0.39 is 42.1 Å². The van der Waals surface area contributed by atoms with Crippen LogP contribution in [0.4, 0.5) is 11.4 Å². The Morgan fingerprint density at radius 3 is 2.55 bits per heavy atom. The number of aliphatic hydroxyl groups excluding tert-OH is 1. The molecule has 3 heterocycles. The largest absolute Gasteiger partial charge is 0.505 e. The minimum absolute atomic E-state index is 0.122. The van der Waals surface area contributed by atoms with Gasteiger partial charge in [0.2, 0.25) is 12.0 Å². The number of benzene rings is 2. The molecule has 2 fully saturated rings. The van der Waals surface area contributed by atoms with Crippen molar-refractivity contribution in [2.24, 2.45) is 10.2 Å². The lowest BCUT2D eigenvalue weighted by Crippen LogP contribution is -2.65. The molecule has 0 saturated carbocycles. The normalized spacial score (nSPS) is 26.8. The van der Waals surface area contributed by atoms with Crippen molar-refractivity contribution in [3.8, 4) is 11.5 Å². The summed E-state index contributed by atoms with van der Waals surface area (Å²) in [5.41, 5.74) is -0.998. The number of hydrogen-bond acceptors (Lipinski definition) is 11. The van der Waals surface area contributed by atoms with Gasteiger partial charge in [0.25, 0.3) is 0 Å². The molecular weight excluding hydrogens is 520 g/mol. The maximum absolute atomic E-state index is 12.8. The summed E-state index contributed by atoms with van der Waals surface area (Å²) in [7, 11) is 1.50. The number of methoxy groups -OCH3 is 1. The van der Waals surface area contributed by atoms with Gasteiger partial charge in [0.05, 0.1) is 16.7 Å². The van der Waals surface area contributed by atoms with Crippen molar-refractivity contribution < 1.29 is 38.3 Å². The SMILES string of the molecule is CO[C@@H]1[C@H](O)[C@H](OC2CCCCO2)[C@H](Oc2ccc3c(O)c(N=Nc4ccccc4)c(=O)oc3c2C)OC1(C)C. The average Bonchev–Trinajstić information content (AvgIpc) is 2.93. The van der Waals surface area contributed by atoms with Crippen LogP contribution in [0.3, 0.4) is 0 Å². The molecule has 0 amide bonds. The fraction of sp³-hybridized carbons (Fsp3) is 0.483. The second-order valence-electron chi connectivity index (χ2n) is 10.4. The molecule has 40 heavy (non-hydrogen) atoms. The number of fused-ring (bicyclic) bond motifs is 1. The zero-order chi connectivity index (χ0) is 28.4. The highest BCUT2D eigenvalue weighted by Gasteiger charge is 2.52. The number of aryl methyl sites for hydroxylation is 1. The van der Waals surface area contributed by atoms with Crippen LogP contribution in [-0.4, -0.2) is 60.4 Å². The topological polar surface area (TPSA) is 142 Å². The molecule has 11 nitrogen and oxygen atoms in total. The van der Waals surface area contributed by atoms with Crippen LogP contribution in [0.5, 0.6) is 11.5 Å². The van der Waals surface area contributed by atoms with E-state index in [1.165, 1.54) is 7.11 Å². The zero-order valence-electron chi connectivity index (χ0n) is 22.9. The quantitative estimate of drug-likeness (QED) is 0.304. The molecular formula is C29H34N2O9. The average molecular weight is 555 g/mol. The summed E-state index contributed by atoms with van der Waals surface area (Å²) in [4.78, 5) is 12.8. The number of aliphatic hydroxyl groups is 1. The Labute approximate surface area is 231 Å². The summed E-state index contributed by atoms with van der Waals surface area (Å²) in [6, 6.07) is 12.0. The van der Waals surface area contributed by atoms with Crippen LogP contribution in [0.15, 0.2) is 61.9 Å². The van der Waals surface area contributed by atoms with Crippen molar-refractivity contribution in [2.45, 2.75) is 76.5 Å². The molecule has 11 heteroatoms. The molecule has 2 aliphatic rings. The highest BCUT2D eigenvalue weighted by Crippen LogP contribution is 2.39. The number of rotatable bonds is 7. The molecule has 0 spiro atoms. The molecule has 1 aromatic heterocycles. The molecule has 2 aliphatic heterocycles. The lowest BCUT2D eigenvalue weighted by Gasteiger charge is -2.48. The summed E-state index contributed by atoms with van der Waals surface area (Å²) in [6.07, 6.45) is -1.69. The first-order chi connectivity index (χ1) is 19.2. The van der Waals surface area contributed by atoms with E-state index in [9.17, 15) is 15.0 Å². The van der Waals surface area contributed by atoms with Crippen LogP contribution in [0, 0.1) is 6.92 Å². The van der Waals surface area contributed by atoms with Crippen molar-refractivity contribution >= 4 is 22.3 Å². The highest BCUT2D eigenvalue weighted by atomic mass is 16.7. The third-order valence-corrected chi connectivity index (χ3v) is 7.21. The lowest BCUT2D eigenvalue weighted by molar-refractivity contribution is -0.339. The van der Waals surface area contributed by atoms with E-state index in [-0.39, 0.29) is 22.4 Å². The second kappa shape index (κ2) is 11.6. The van der Waals surface area contributed by atoms with Gasteiger partial charge in [0.15, 0.2) is 18.1 Å². The van der Waals surface area contributed by atoms with Gasteiger partial charge in [-0.3, -0.25) is 0 Å². The second-order valence-corrected chi connectivity index (χ2v) is 10.4. The Hall–Kier alpha value is -3.35. The van der Waals surface area contributed by atoms with Gasteiger partial charge < -0.3 is 38.3 Å². The minimum Gasteiger partial charge on any atom is -0.505 e. The molecule has 3 aromatic rings. The van der Waals surface area contributed by atoms with Gasteiger partial charge in [0, 0.05) is 19.3 Å². The first kappa shape index (κ1) is 28.2. The molecule has 1 unspecified atom stereocenters. The third-order valence-electron chi connectivity index (χ3n) is 7.21. The van der Waals surface area contributed by atoms with Crippen LogP contribution in [-0.2, 0) is 18.9 Å². The predicted molar refractivity (Wildman–Crippen MR) is 144 cm³/mol. The number of aromatic hydroxyl groups is 1. The summed E-state index contributed by atoms with van der Waals surface area (Å²) < 4.78 is 35.5. The van der Waals surface area contributed by atoms with Crippen LogP contribution in [0.2, 0.25) is 0 Å². The van der Waals surface area contributed by atoms with Gasteiger partial charge >= 0.3 is 5.63 Å². The monoisotopic (exact) mass is 554 g/mol. The molecule has 214 valence electrons. The molecule has 0 radical (unpaired) electrons. The summed E-state index contributed by atoms with van der Waals surface area (Å²) in [5.74, 6) is -0.0413. The van der Waals surface area contributed by atoms with E-state index in [0.717, 1.165) is 12.8 Å². The smallest absolute Gasteiger partial charge is 0.368 e. The van der Waals surface area contributed by atoms with Gasteiger partial charge in [-0.15, -0.1) is 5.11 Å². The Morgan fingerprint density at radius 1 is 1.07 bits per heavy atom. The van der Waals surface area contributed by atoms with E-state index in [0.29, 0.717) is 30.0 Å². The van der Waals surface area contributed by atoms with Crippen LogP contribution < -0.4 is 10.4 Å². The summed E-state index contributed by atoms with van der Waals surface area (Å²) >= 11 is 0. The highest BCUT2D eigenvalue weighted by molar-refractivity contribution is 5.90. The van der Waals surface area contributed by atoms with Crippen molar-refractivity contribution in [1.82, 2.24) is 0 Å². The maximum atomic E-state index is 12.8. The van der Waals surface area contributed by atoms with Crippen LogP contribution in [0.1, 0.15) is 38.7 Å². The predicted octanol–water partition coefficient (Wildman–Crippen LogP) is 5.02. The van der Waals surface area contributed by atoms with Crippen LogP contribution >= 0.6 is 0 Å². The molecule has 2 N–H and O–H groups in total. The van der Waals surface area contributed by atoms with Crippen molar-refractivity contribution in [3.63, 3.8) is 0 Å². The van der Waals surface area contributed by atoms with Gasteiger partial charge in [-0.25, -0.2) is 4.79 Å². The Kier molecular flexibility index (Phi) is 8.20. The number of azo groups is 1. The third kappa shape index (κ3) is 5.61. The fourth-order valence-corrected chi connectivity index (χ4v) is 5.13. The van der Waals surface area contributed by atoms with E-state index in [4.69, 9.17) is 28.1 Å². The molecule has 0 bridgehead atoms. The summed E-state index contributed by atoms with van der Waals surface area (Å²) in [6.45, 7) is 5.85. The number of ether oxygens (including phenoxy) is 5. The molecule has 2 saturated heterocycles. The number of nitrogens with zero attached hydrogens (tertiary/aromatic N) is 2. The van der Waals surface area contributed by atoms with Crippen LogP contribution in [0.25, 0.3) is 11.0 Å². The summed E-state index contributed by atoms with van der Waals surface area (Å²) in [5, 5.41) is 30.3. The lowest BCUT2D eigenvalue weighted by atomic mass is 9.89. The molecule has 5 rings (SSSR count). The first-order valence-electron chi connectivity index (χ1n) is 13.3. The van der Waals surface area contributed by atoms with Crippen molar-refractivity contribution in [1.29, 1.82) is 0 Å². The van der Waals surface area contributed by atoms with E-state index in [2.05, 4.69) is 10.2 Å². The van der Waals surface area contributed by atoms with Gasteiger partial charge in [-0.1, -0.05) is 18.2 Å². The van der Waals surface area contributed by atoms with E-state index in [1.54, 1.807) is 57.2 Å². The molecule has 5 atom stereocenters. The van der Waals surface area contributed by atoms with E-state index in [1.807, 2.05) is 6.07 Å². The van der Waals surface area contributed by atoms with Crippen molar-refractivity contribution in [2.75, 3.05) is 13.7 Å². The number of hydrogen-bond donors (Lipinski definition) is 2.